The molecule has 0 aliphatic carbocycles. The number of nitrogens with two attached hydrogens (primary N) is 1. The number of morpholine rings is 1. The Labute approximate surface area is 125 Å². The number of nitrogens with zero attached hydrogens (tertiary/aromatic N) is 1. The summed E-state index contributed by atoms with van der Waals surface area (Å²) in [5.74, 6) is 0. The van der Waals surface area contributed by atoms with E-state index in [9.17, 15) is 0 Å². The molecular weight excluding hydrogens is 295 g/mol. The molecule has 18 heavy (non-hydrogen) atoms. The fourth-order valence-corrected chi connectivity index (χ4v) is 2.17. The summed E-state index contributed by atoms with van der Waals surface area (Å²) in [7, 11) is 0. The molecule has 104 valence electrons. The van der Waals surface area contributed by atoms with Crippen molar-refractivity contribution in [2.75, 3.05) is 26.2 Å². The molecule has 3 nitrogen and oxygen atoms in total. The highest BCUT2D eigenvalue weighted by Crippen LogP contribution is 2.14. The van der Waals surface area contributed by atoms with Gasteiger partial charge >= 0.3 is 0 Å². The number of rotatable bonds is 3. The van der Waals surface area contributed by atoms with Crippen molar-refractivity contribution < 1.29 is 4.74 Å². The zero-order valence-electron chi connectivity index (χ0n) is 10.0. The molecule has 1 atom stereocenters. The van der Waals surface area contributed by atoms with Crippen molar-refractivity contribution in [2.45, 2.75) is 12.6 Å². The number of benzene rings is 1. The van der Waals surface area contributed by atoms with E-state index in [1.165, 1.54) is 5.56 Å². The van der Waals surface area contributed by atoms with Crippen LogP contribution in [0, 0.1) is 0 Å². The monoisotopic (exact) mass is 312 g/mol. The molecule has 0 saturated carbocycles. The molecule has 1 aliphatic rings. The topological polar surface area (TPSA) is 38.5 Å². The molecule has 1 aliphatic heterocycles. The third-order valence-electron chi connectivity index (χ3n) is 2.78. The van der Waals surface area contributed by atoms with Gasteiger partial charge in [0.25, 0.3) is 0 Å². The molecular formula is C12H19Cl3N2O. The van der Waals surface area contributed by atoms with E-state index in [2.05, 4.69) is 11.0 Å². The van der Waals surface area contributed by atoms with Crippen LogP contribution in [0.2, 0.25) is 5.02 Å². The summed E-state index contributed by atoms with van der Waals surface area (Å²) in [6.07, 6.45) is 0.174. The highest BCUT2D eigenvalue weighted by molar-refractivity contribution is 6.30. The van der Waals surface area contributed by atoms with Gasteiger partial charge < -0.3 is 10.5 Å². The quantitative estimate of drug-likeness (QED) is 0.931. The molecule has 0 amide bonds. The summed E-state index contributed by atoms with van der Waals surface area (Å²) >= 11 is 5.96. The molecule has 1 unspecified atom stereocenters. The average Bonchev–Trinajstić information content (AvgIpc) is 2.29. The van der Waals surface area contributed by atoms with Gasteiger partial charge in [-0.25, -0.2) is 0 Å². The van der Waals surface area contributed by atoms with Gasteiger partial charge in [0.1, 0.15) is 0 Å². The standard InChI is InChI=1S/C12H17ClN2O.2ClH/c13-11-3-1-2-10(6-11)8-15-4-5-16-12(7-14)9-15;;/h1-3,6,12H,4-5,7-9,14H2;2*1H. The first-order valence-electron chi connectivity index (χ1n) is 5.56. The van der Waals surface area contributed by atoms with E-state index in [0.29, 0.717) is 6.54 Å². The van der Waals surface area contributed by atoms with Crippen LogP contribution in [0.25, 0.3) is 0 Å². The van der Waals surface area contributed by atoms with Gasteiger partial charge in [-0.1, -0.05) is 23.7 Å². The van der Waals surface area contributed by atoms with E-state index >= 15 is 0 Å². The molecule has 1 saturated heterocycles. The summed E-state index contributed by atoms with van der Waals surface area (Å²) < 4.78 is 5.53. The van der Waals surface area contributed by atoms with Crippen LogP contribution in [0.5, 0.6) is 0 Å². The van der Waals surface area contributed by atoms with Gasteiger partial charge in [-0.15, -0.1) is 24.8 Å². The first-order chi connectivity index (χ1) is 7.78. The minimum atomic E-state index is 0. The van der Waals surface area contributed by atoms with Gasteiger partial charge in [0.15, 0.2) is 0 Å². The lowest BCUT2D eigenvalue weighted by Crippen LogP contribution is -2.45. The van der Waals surface area contributed by atoms with E-state index in [4.69, 9.17) is 22.1 Å². The molecule has 1 fully saturated rings. The minimum absolute atomic E-state index is 0. The third-order valence-corrected chi connectivity index (χ3v) is 3.02. The number of halogens is 3. The zero-order valence-corrected chi connectivity index (χ0v) is 12.4. The van der Waals surface area contributed by atoms with E-state index < -0.39 is 0 Å². The van der Waals surface area contributed by atoms with Crippen molar-refractivity contribution in [1.82, 2.24) is 4.90 Å². The van der Waals surface area contributed by atoms with E-state index in [-0.39, 0.29) is 30.9 Å². The second-order valence-corrected chi connectivity index (χ2v) is 4.53. The zero-order chi connectivity index (χ0) is 11.4. The molecule has 1 aromatic rings. The second kappa shape index (κ2) is 8.97. The van der Waals surface area contributed by atoms with Gasteiger partial charge in [-0.05, 0) is 17.7 Å². The predicted molar refractivity (Wildman–Crippen MR) is 80.0 cm³/mol. The Bertz CT molecular complexity index is 352. The minimum Gasteiger partial charge on any atom is -0.374 e. The van der Waals surface area contributed by atoms with E-state index in [1.807, 2.05) is 18.2 Å². The van der Waals surface area contributed by atoms with Crippen molar-refractivity contribution in [2.24, 2.45) is 5.73 Å². The molecule has 2 N–H and O–H groups in total. The molecule has 1 aromatic carbocycles. The summed E-state index contributed by atoms with van der Waals surface area (Å²) in [4.78, 5) is 2.35. The van der Waals surface area contributed by atoms with Crippen LogP contribution in [0.1, 0.15) is 5.56 Å². The van der Waals surface area contributed by atoms with Crippen molar-refractivity contribution in [1.29, 1.82) is 0 Å². The van der Waals surface area contributed by atoms with Gasteiger partial charge in [-0.2, -0.15) is 0 Å². The van der Waals surface area contributed by atoms with Gasteiger partial charge in [0.2, 0.25) is 0 Å². The fourth-order valence-electron chi connectivity index (χ4n) is 1.96. The Kier molecular flexibility index (Phi) is 8.95. The fraction of sp³-hybridized carbons (Fsp3) is 0.500. The Hall–Kier alpha value is -0.0300. The van der Waals surface area contributed by atoms with E-state index in [0.717, 1.165) is 31.3 Å². The van der Waals surface area contributed by atoms with Crippen molar-refractivity contribution >= 4 is 36.4 Å². The predicted octanol–water partition coefficient (Wildman–Crippen LogP) is 2.34. The molecule has 6 heteroatoms. The summed E-state index contributed by atoms with van der Waals surface area (Å²) in [6.45, 7) is 4.14. The molecule has 0 bridgehead atoms. The van der Waals surface area contributed by atoms with Crippen LogP contribution in [-0.2, 0) is 11.3 Å². The maximum Gasteiger partial charge on any atom is 0.0824 e. The van der Waals surface area contributed by atoms with Crippen molar-refractivity contribution in [3.63, 3.8) is 0 Å². The van der Waals surface area contributed by atoms with Crippen LogP contribution in [0.4, 0.5) is 0 Å². The molecule has 0 aromatic heterocycles. The first kappa shape index (κ1) is 18.0. The maximum absolute atomic E-state index is 5.96. The number of hydrogen-bond acceptors (Lipinski definition) is 3. The van der Waals surface area contributed by atoms with Crippen molar-refractivity contribution in [3.8, 4) is 0 Å². The summed E-state index contributed by atoms with van der Waals surface area (Å²) in [6, 6.07) is 7.98. The van der Waals surface area contributed by atoms with Gasteiger partial charge in [0.05, 0.1) is 12.7 Å². The van der Waals surface area contributed by atoms with Crippen LogP contribution in [0.15, 0.2) is 24.3 Å². The Morgan fingerprint density at radius 2 is 2.17 bits per heavy atom. The Balaban J connectivity index is 0.00000144. The number of hydrogen-bond donors (Lipinski definition) is 1. The molecule has 2 rings (SSSR count). The van der Waals surface area contributed by atoms with Gasteiger partial charge in [0, 0.05) is 31.2 Å². The maximum atomic E-state index is 5.96. The van der Waals surface area contributed by atoms with Crippen molar-refractivity contribution in [3.05, 3.63) is 34.9 Å². The van der Waals surface area contributed by atoms with Crippen LogP contribution in [0.3, 0.4) is 0 Å². The average molecular weight is 314 g/mol. The smallest absolute Gasteiger partial charge is 0.0824 e. The third kappa shape index (κ3) is 5.31. The van der Waals surface area contributed by atoms with Crippen LogP contribution in [-0.4, -0.2) is 37.2 Å². The number of ether oxygens (including phenoxy) is 1. The van der Waals surface area contributed by atoms with Gasteiger partial charge in [-0.3, -0.25) is 4.90 Å². The highest BCUT2D eigenvalue weighted by Gasteiger charge is 2.18. The van der Waals surface area contributed by atoms with Crippen LogP contribution < -0.4 is 5.73 Å². The molecule has 0 radical (unpaired) electrons. The summed E-state index contributed by atoms with van der Waals surface area (Å²) in [5, 5.41) is 0.793. The first-order valence-corrected chi connectivity index (χ1v) is 5.94. The summed E-state index contributed by atoms with van der Waals surface area (Å²) in [5.41, 5.74) is 6.85. The highest BCUT2D eigenvalue weighted by atomic mass is 35.5. The second-order valence-electron chi connectivity index (χ2n) is 4.09. The lowest BCUT2D eigenvalue weighted by molar-refractivity contribution is -0.0260. The van der Waals surface area contributed by atoms with E-state index in [1.54, 1.807) is 0 Å². The molecule has 1 heterocycles. The SMILES string of the molecule is Cl.Cl.NCC1CN(Cc2cccc(Cl)c2)CCO1. The Morgan fingerprint density at radius 3 is 2.83 bits per heavy atom. The molecule has 0 spiro atoms. The van der Waals surface area contributed by atoms with Crippen LogP contribution >= 0.6 is 36.4 Å². The Morgan fingerprint density at radius 1 is 1.39 bits per heavy atom. The lowest BCUT2D eigenvalue weighted by atomic mass is 10.2. The lowest BCUT2D eigenvalue weighted by Gasteiger charge is -2.32. The largest absolute Gasteiger partial charge is 0.374 e. The normalized spacial score (nSPS) is 19.8.